The van der Waals surface area contributed by atoms with Gasteiger partial charge in [-0.2, -0.15) is 13.2 Å². The zero-order chi connectivity index (χ0) is 19.5. The molecule has 1 aromatic heterocycles. The van der Waals surface area contributed by atoms with Gasteiger partial charge in [0.05, 0.1) is 19.0 Å². The number of hydrogen-bond acceptors (Lipinski definition) is 6. The van der Waals surface area contributed by atoms with Gasteiger partial charge in [0, 0.05) is 5.56 Å². The smallest absolute Gasteiger partial charge is 0.489 e. The number of nitrogens with two attached hydrogens (primary N) is 1. The summed E-state index contributed by atoms with van der Waals surface area (Å²) in [5.74, 6) is 1.56. The van der Waals surface area contributed by atoms with Crippen molar-refractivity contribution < 1.29 is 31.9 Å². The fraction of sp³-hybridized carbons (Fsp3) is 0.176. The molecule has 0 saturated carbocycles. The maximum absolute atomic E-state index is 12.5. The molecule has 9 heteroatoms. The van der Waals surface area contributed by atoms with Gasteiger partial charge < -0.3 is 19.6 Å². The highest BCUT2D eigenvalue weighted by molar-refractivity contribution is 5.82. The Kier molecular flexibility index (Phi) is 5.38. The van der Waals surface area contributed by atoms with Gasteiger partial charge in [0.1, 0.15) is 5.58 Å². The fourth-order valence-corrected chi connectivity index (χ4v) is 1.88. The minimum absolute atomic E-state index is 0.0541. The first-order valence-corrected chi connectivity index (χ1v) is 7.01. The first-order chi connectivity index (χ1) is 12.2. The van der Waals surface area contributed by atoms with Crippen molar-refractivity contribution >= 4 is 16.9 Å². The molecular formula is C17H12F3NO5. The molecule has 0 bridgehead atoms. The molecule has 0 aliphatic heterocycles. The molecular weight excluding hydrogens is 355 g/mol. The highest BCUT2D eigenvalue weighted by Crippen LogP contribution is 2.24. The fourth-order valence-electron chi connectivity index (χ4n) is 1.88. The Morgan fingerprint density at radius 2 is 2.08 bits per heavy atom. The summed E-state index contributed by atoms with van der Waals surface area (Å²) in [6.07, 6.45) is -5.28. The summed E-state index contributed by atoms with van der Waals surface area (Å²) in [5, 5.41) is -0.123. The third kappa shape index (κ3) is 4.04. The topological polar surface area (TPSA) is 91.8 Å². The van der Waals surface area contributed by atoms with Gasteiger partial charge in [-0.1, -0.05) is 5.92 Å². The van der Waals surface area contributed by atoms with Gasteiger partial charge in [0.15, 0.2) is 11.5 Å². The van der Waals surface area contributed by atoms with E-state index in [2.05, 4.69) is 23.2 Å². The molecule has 0 aliphatic rings. The molecule has 2 aromatic rings. The van der Waals surface area contributed by atoms with Gasteiger partial charge in [0.25, 0.3) is 0 Å². The van der Waals surface area contributed by atoms with Crippen LogP contribution in [0.3, 0.4) is 0 Å². The Hall–Kier alpha value is -3.25. The largest absolute Gasteiger partial charge is 0.491 e. The van der Waals surface area contributed by atoms with Crippen molar-refractivity contribution in [2.24, 2.45) is 5.73 Å². The van der Waals surface area contributed by atoms with E-state index in [1.807, 2.05) is 0 Å². The summed E-state index contributed by atoms with van der Waals surface area (Å²) in [5.41, 5.74) is 4.79. The second-order valence-corrected chi connectivity index (χ2v) is 4.86. The molecule has 2 rings (SSSR count). The predicted octanol–water partition coefficient (Wildman–Crippen LogP) is 2.23. The number of carbonyl (C=O) groups excluding carboxylic acids is 1. The van der Waals surface area contributed by atoms with Crippen LogP contribution in [-0.2, 0) is 16.1 Å². The number of methoxy groups -OCH3 is 1. The van der Waals surface area contributed by atoms with E-state index in [4.69, 9.17) is 14.9 Å². The molecule has 0 radical (unpaired) electrons. The first kappa shape index (κ1) is 19.1. The van der Waals surface area contributed by atoms with E-state index in [0.29, 0.717) is 5.56 Å². The lowest BCUT2D eigenvalue weighted by molar-refractivity contribution is -0.189. The summed E-state index contributed by atoms with van der Waals surface area (Å²) >= 11 is 0. The van der Waals surface area contributed by atoms with Crippen LogP contribution in [0.15, 0.2) is 39.7 Å². The summed E-state index contributed by atoms with van der Waals surface area (Å²) in [6.45, 7) is 3.06. The number of halogens is 3. The molecule has 0 fully saturated rings. The molecule has 1 heterocycles. The number of allylic oxidation sites excluding steroid dienone is 1. The van der Waals surface area contributed by atoms with E-state index < -0.39 is 29.9 Å². The van der Waals surface area contributed by atoms with Crippen LogP contribution in [0.5, 0.6) is 5.75 Å². The minimum Gasteiger partial charge on any atom is -0.489 e. The zero-order valence-electron chi connectivity index (χ0n) is 13.4. The summed E-state index contributed by atoms with van der Waals surface area (Å²) in [6, 6.07) is 4.19. The van der Waals surface area contributed by atoms with Crippen LogP contribution in [-0.4, -0.2) is 19.3 Å². The van der Waals surface area contributed by atoms with Crippen LogP contribution < -0.4 is 15.9 Å². The van der Waals surface area contributed by atoms with E-state index in [-0.39, 0.29) is 22.5 Å². The Bertz CT molecular complexity index is 996. The molecule has 136 valence electrons. The van der Waals surface area contributed by atoms with Crippen LogP contribution in [0.2, 0.25) is 0 Å². The van der Waals surface area contributed by atoms with E-state index in [9.17, 15) is 22.8 Å². The lowest BCUT2D eigenvalue weighted by Gasteiger charge is -2.10. The Balaban J connectivity index is 2.59. The van der Waals surface area contributed by atoms with Crippen molar-refractivity contribution in [3.05, 3.63) is 52.1 Å². The third-order valence-corrected chi connectivity index (χ3v) is 3.12. The van der Waals surface area contributed by atoms with Crippen LogP contribution in [0.1, 0.15) is 11.3 Å². The maximum atomic E-state index is 12.5. The van der Waals surface area contributed by atoms with E-state index in [0.717, 1.165) is 0 Å². The molecule has 0 aliphatic carbocycles. The number of carbonyl (C=O) groups is 1. The molecule has 0 amide bonds. The van der Waals surface area contributed by atoms with Crippen LogP contribution in [0, 0.1) is 11.8 Å². The minimum atomic E-state index is -5.28. The lowest BCUT2D eigenvalue weighted by atomic mass is 10.1. The van der Waals surface area contributed by atoms with Gasteiger partial charge in [-0.05, 0) is 30.7 Å². The van der Waals surface area contributed by atoms with Gasteiger partial charge in [-0.25, -0.2) is 4.79 Å². The molecule has 26 heavy (non-hydrogen) atoms. The summed E-state index contributed by atoms with van der Waals surface area (Å²) in [7, 11) is 1.38. The van der Waals surface area contributed by atoms with Crippen molar-refractivity contribution in [2.45, 2.75) is 12.7 Å². The lowest BCUT2D eigenvalue weighted by Crippen LogP contribution is -2.30. The van der Waals surface area contributed by atoms with Gasteiger partial charge in [-0.3, -0.25) is 4.79 Å². The summed E-state index contributed by atoms with van der Waals surface area (Å²) in [4.78, 5) is 23.5. The zero-order valence-corrected chi connectivity index (χ0v) is 13.4. The standard InChI is InChI=1S/C17H12F3NO5/c1-9(24-2)3-4-10-5-6-12-11(7-10)14(22)15(13(8-21)25-12)26-16(23)17(18,19)20/h5-7H,1,8,21H2,2H3. The molecule has 0 unspecified atom stereocenters. The molecule has 0 atom stereocenters. The Morgan fingerprint density at radius 1 is 1.38 bits per heavy atom. The second kappa shape index (κ2) is 7.33. The SMILES string of the molecule is C=C(C#Cc1ccc2oc(CN)c(OC(=O)C(F)(F)F)c(=O)c2c1)OC. The predicted molar refractivity (Wildman–Crippen MR) is 85.1 cm³/mol. The molecule has 1 aromatic carbocycles. The Morgan fingerprint density at radius 3 is 2.65 bits per heavy atom. The van der Waals surface area contributed by atoms with E-state index in [1.165, 1.54) is 25.3 Å². The van der Waals surface area contributed by atoms with Crippen molar-refractivity contribution in [1.82, 2.24) is 0 Å². The van der Waals surface area contributed by atoms with E-state index in [1.54, 1.807) is 0 Å². The number of rotatable bonds is 3. The number of alkyl halides is 3. The number of fused-ring (bicyclic) bond motifs is 1. The van der Waals surface area contributed by atoms with Crippen molar-refractivity contribution in [2.75, 3.05) is 7.11 Å². The number of hydrogen-bond donors (Lipinski definition) is 1. The van der Waals surface area contributed by atoms with E-state index >= 15 is 0 Å². The van der Waals surface area contributed by atoms with Crippen LogP contribution in [0.25, 0.3) is 11.0 Å². The van der Waals surface area contributed by atoms with Gasteiger partial charge in [-0.15, -0.1) is 0 Å². The average molecular weight is 367 g/mol. The summed E-state index contributed by atoms with van der Waals surface area (Å²) < 4.78 is 51.5. The second-order valence-electron chi connectivity index (χ2n) is 4.86. The van der Waals surface area contributed by atoms with Crippen molar-refractivity contribution in [1.29, 1.82) is 0 Å². The first-order valence-electron chi connectivity index (χ1n) is 7.01. The van der Waals surface area contributed by atoms with Crippen LogP contribution in [0.4, 0.5) is 13.2 Å². The van der Waals surface area contributed by atoms with Crippen molar-refractivity contribution in [3.63, 3.8) is 0 Å². The van der Waals surface area contributed by atoms with Crippen LogP contribution >= 0.6 is 0 Å². The van der Waals surface area contributed by atoms with Gasteiger partial charge in [0.2, 0.25) is 11.2 Å². The third-order valence-electron chi connectivity index (χ3n) is 3.12. The van der Waals surface area contributed by atoms with Crippen molar-refractivity contribution in [3.8, 4) is 17.6 Å². The normalized spacial score (nSPS) is 10.8. The number of esters is 1. The highest BCUT2D eigenvalue weighted by atomic mass is 19.4. The highest BCUT2D eigenvalue weighted by Gasteiger charge is 2.42. The van der Waals surface area contributed by atoms with Gasteiger partial charge >= 0.3 is 12.1 Å². The monoisotopic (exact) mass is 367 g/mol. The quantitative estimate of drug-likeness (QED) is 0.508. The molecule has 2 N–H and O–H groups in total. The average Bonchev–Trinajstić information content (AvgIpc) is 2.60. The maximum Gasteiger partial charge on any atom is 0.491 e. The Labute approximate surface area is 145 Å². The molecule has 0 saturated heterocycles. The number of benzene rings is 1. The molecule has 6 nitrogen and oxygen atoms in total. The number of ether oxygens (including phenoxy) is 2. The molecule has 0 spiro atoms.